The second-order valence-electron chi connectivity index (χ2n) is 6.19. The molecule has 0 saturated carbocycles. The number of hydrogen-bond donors (Lipinski definition) is 1. The number of para-hydroxylation sites is 2. The van der Waals surface area contributed by atoms with Gasteiger partial charge < -0.3 is 10.1 Å². The Bertz CT molecular complexity index is 1110. The van der Waals surface area contributed by atoms with Crippen LogP contribution in [0.3, 0.4) is 0 Å². The van der Waals surface area contributed by atoms with Gasteiger partial charge in [-0.25, -0.2) is 4.68 Å². The molecule has 1 amide bonds. The number of rotatable bonds is 8. The molecule has 1 N–H and O–H groups in total. The van der Waals surface area contributed by atoms with Gasteiger partial charge in [0, 0.05) is 30.4 Å². The zero-order valence-electron chi connectivity index (χ0n) is 16.3. The molecule has 3 aromatic heterocycles. The minimum atomic E-state index is -0.155. The average molecular weight is 420 g/mol. The fourth-order valence-electron chi connectivity index (χ4n) is 2.87. The van der Waals surface area contributed by atoms with Gasteiger partial charge in [0.25, 0.3) is 0 Å². The zero-order valence-corrected chi connectivity index (χ0v) is 17.1. The predicted molar refractivity (Wildman–Crippen MR) is 115 cm³/mol. The highest BCUT2D eigenvalue weighted by molar-refractivity contribution is 7.99. The van der Waals surface area contributed by atoms with E-state index >= 15 is 0 Å². The van der Waals surface area contributed by atoms with Crippen LogP contribution in [-0.2, 0) is 4.79 Å². The topological polar surface area (TPSA) is 86.9 Å². The zero-order chi connectivity index (χ0) is 20.8. The normalized spacial score (nSPS) is 10.7. The number of ether oxygens (including phenoxy) is 1. The number of nitrogens with zero attached hydrogens (tertiary/aromatic N) is 5. The second kappa shape index (κ2) is 9.27. The molecule has 0 aliphatic heterocycles. The van der Waals surface area contributed by atoms with E-state index in [0.717, 1.165) is 5.56 Å². The van der Waals surface area contributed by atoms with E-state index in [9.17, 15) is 4.79 Å². The summed E-state index contributed by atoms with van der Waals surface area (Å²) in [5.74, 6) is 1.31. The predicted octanol–water partition coefficient (Wildman–Crippen LogP) is 3.58. The first-order chi connectivity index (χ1) is 14.8. The van der Waals surface area contributed by atoms with E-state index < -0.39 is 0 Å². The van der Waals surface area contributed by atoms with Crippen LogP contribution in [0.15, 0.2) is 78.5 Å². The maximum absolute atomic E-state index is 12.6. The van der Waals surface area contributed by atoms with Gasteiger partial charge in [-0.1, -0.05) is 23.9 Å². The van der Waals surface area contributed by atoms with Crippen LogP contribution >= 0.6 is 11.8 Å². The summed E-state index contributed by atoms with van der Waals surface area (Å²) in [4.78, 5) is 16.7. The van der Waals surface area contributed by atoms with Crippen LogP contribution in [0, 0.1) is 0 Å². The van der Waals surface area contributed by atoms with Gasteiger partial charge in [-0.05, 0) is 43.3 Å². The maximum Gasteiger partial charge on any atom is 0.234 e. The van der Waals surface area contributed by atoms with Crippen LogP contribution in [0.25, 0.3) is 11.4 Å². The van der Waals surface area contributed by atoms with Crippen molar-refractivity contribution in [2.45, 2.75) is 12.1 Å². The Morgan fingerprint density at radius 1 is 1.10 bits per heavy atom. The SMILES string of the molecule is CCOc1ccccc1NC(=O)CSc1nnc(-c2cccnc2)n1-n1cccc1. The highest BCUT2D eigenvalue weighted by Crippen LogP contribution is 2.26. The molecular weight excluding hydrogens is 400 g/mol. The molecule has 0 fully saturated rings. The van der Waals surface area contributed by atoms with Crippen LogP contribution in [-0.4, -0.2) is 42.8 Å². The van der Waals surface area contributed by atoms with Crippen molar-refractivity contribution < 1.29 is 9.53 Å². The highest BCUT2D eigenvalue weighted by Gasteiger charge is 2.17. The molecule has 30 heavy (non-hydrogen) atoms. The van der Waals surface area contributed by atoms with E-state index in [4.69, 9.17) is 4.74 Å². The molecule has 0 spiro atoms. The summed E-state index contributed by atoms with van der Waals surface area (Å²) < 4.78 is 9.28. The standard InChI is InChI=1S/C21H20N6O2S/c1-2-29-18-10-4-3-9-17(18)23-19(28)15-30-21-25-24-20(16-8-7-11-22-14-16)27(21)26-12-5-6-13-26/h3-14H,2,15H2,1H3,(H,23,28). The molecule has 0 unspecified atom stereocenters. The van der Waals surface area contributed by atoms with Gasteiger partial charge in [0.2, 0.25) is 11.1 Å². The van der Waals surface area contributed by atoms with Crippen molar-refractivity contribution in [2.24, 2.45) is 0 Å². The lowest BCUT2D eigenvalue weighted by Crippen LogP contribution is -2.16. The number of benzene rings is 1. The number of carbonyl (C=O) groups excluding carboxylic acids is 1. The Kier molecular flexibility index (Phi) is 6.09. The smallest absolute Gasteiger partial charge is 0.234 e. The number of thioether (sulfide) groups is 1. The summed E-state index contributed by atoms with van der Waals surface area (Å²) in [6, 6.07) is 15.0. The largest absolute Gasteiger partial charge is 0.492 e. The van der Waals surface area contributed by atoms with Crippen LogP contribution < -0.4 is 10.1 Å². The molecule has 4 aromatic rings. The van der Waals surface area contributed by atoms with Crippen molar-refractivity contribution in [3.05, 3.63) is 73.3 Å². The minimum absolute atomic E-state index is 0.155. The summed E-state index contributed by atoms with van der Waals surface area (Å²) in [5.41, 5.74) is 1.48. The summed E-state index contributed by atoms with van der Waals surface area (Å²) in [7, 11) is 0. The number of pyridine rings is 1. The third-order valence-electron chi connectivity index (χ3n) is 4.14. The molecule has 0 aliphatic rings. The lowest BCUT2D eigenvalue weighted by Gasteiger charge is -2.12. The fourth-order valence-corrected chi connectivity index (χ4v) is 3.60. The van der Waals surface area contributed by atoms with Crippen LogP contribution in [0.4, 0.5) is 5.69 Å². The first kappa shape index (κ1) is 19.7. The Labute approximate surface area is 177 Å². The fraction of sp³-hybridized carbons (Fsp3) is 0.143. The van der Waals surface area contributed by atoms with E-state index in [2.05, 4.69) is 20.5 Å². The molecule has 152 valence electrons. The van der Waals surface area contributed by atoms with Gasteiger partial charge in [-0.3, -0.25) is 14.5 Å². The number of amides is 1. The molecule has 0 atom stereocenters. The number of aromatic nitrogens is 5. The summed E-state index contributed by atoms with van der Waals surface area (Å²) >= 11 is 1.30. The minimum Gasteiger partial charge on any atom is -0.492 e. The first-order valence-electron chi connectivity index (χ1n) is 9.40. The monoisotopic (exact) mass is 420 g/mol. The van der Waals surface area contributed by atoms with Gasteiger partial charge in [0.05, 0.1) is 18.0 Å². The van der Waals surface area contributed by atoms with Crippen LogP contribution in [0.2, 0.25) is 0 Å². The Morgan fingerprint density at radius 3 is 2.70 bits per heavy atom. The summed E-state index contributed by atoms with van der Waals surface area (Å²) in [6.07, 6.45) is 7.23. The van der Waals surface area contributed by atoms with Crippen molar-refractivity contribution >= 4 is 23.4 Å². The quantitative estimate of drug-likeness (QED) is 0.439. The number of anilines is 1. The van der Waals surface area contributed by atoms with Crippen molar-refractivity contribution in [1.29, 1.82) is 0 Å². The lowest BCUT2D eigenvalue weighted by molar-refractivity contribution is -0.113. The van der Waals surface area contributed by atoms with E-state index in [-0.39, 0.29) is 11.7 Å². The summed E-state index contributed by atoms with van der Waals surface area (Å²) in [5, 5.41) is 12.1. The average Bonchev–Trinajstić information content (AvgIpc) is 3.44. The highest BCUT2D eigenvalue weighted by atomic mass is 32.2. The molecule has 0 radical (unpaired) electrons. The van der Waals surface area contributed by atoms with E-state index in [0.29, 0.717) is 29.0 Å². The van der Waals surface area contributed by atoms with Crippen LogP contribution in [0.1, 0.15) is 6.92 Å². The second-order valence-corrected chi connectivity index (χ2v) is 7.13. The molecule has 3 heterocycles. The summed E-state index contributed by atoms with van der Waals surface area (Å²) in [6.45, 7) is 2.43. The molecule has 0 bridgehead atoms. The van der Waals surface area contributed by atoms with Gasteiger partial charge in [0.15, 0.2) is 5.82 Å². The maximum atomic E-state index is 12.6. The molecule has 0 saturated heterocycles. The van der Waals surface area contributed by atoms with E-state index in [1.165, 1.54) is 11.8 Å². The molecule has 9 heteroatoms. The van der Waals surface area contributed by atoms with Gasteiger partial charge >= 0.3 is 0 Å². The van der Waals surface area contributed by atoms with Crippen molar-refractivity contribution in [3.8, 4) is 17.1 Å². The van der Waals surface area contributed by atoms with Gasteiger partial charge in [-0.2, -0.15) is 0 Å². The Morgan fingerprint density at radius 2 is 1.93 bits per heavy atom. The number of carbonyl (C=O) groups is 1. The van der Waals surface area contributed by atoms with Crippen LogP contribution in [0.5, 0.6) is 5.75 Å². The molecule has 0 aliphatic carbocycles. The third-order valence-corrected chi connectivity index (χ3v) is 5.06. The van der Waals surface area contributed by atoms with Crippen molar-refractivity contribution in [2.75, 3.05) is 17.7 Å². The Balaban J connectivity index is 1.53. The van der Waals surface area contributed by atoms with Crippen molar-refractivity contribution in [1.82, 2.24) is 24.5 Å². The molecule has 1 aromatic carbocycles. The number of hydrogen-bond acceptors (Lipinski definition) is 6. The molecule has 8 nitrogen and oxygen atoms in total. The number of nitrogens with one attached hydrogen (secondary N) is 1. The van der Waals surface area contributed by atoms with E-state index in [1.54, 1.807) is 12.4 Å². The Hall–Kier alpha value is -3.59. The molecule has 4 rings (SSSR count). The van der Waals surface area contributed by atoms with Gasteiger partial charge in [-0.15, -0.1) is 10.2 Å². The van der Waals surface area contributed by atoms with Crippen molar-refractivity contribution in [3.63, 3.8) is 0 Å². The lowest BCUT2D eigenvalue weighted by atomic mass is 10.3. The van der Waals surface area contributed by atoms with E-state index in [1.807, 2.05) is 77.2 Å². The third kappa shape index (κ3) is 4.36. The molecular formula is C21H20N6O2S. The van der Waals surface area contributed by atoms with Gasteiger partial charge in [0.1, 0.15) is 5.75 Å². The first-order valence-corrected chi connectivity index (χ1v) is 10.4.